The molecule has 0 amide bonds. The van der Waals surface area contributed by atoms with Crippen molar-refractivity contribution in [1.29, 1.82) is 0 Å². The molecule has 0 bridgehead atoms. The second-order valence-electron chi connectivity index (χ2n) is 4.92. The largest absolute Gasteiger partial charge is 0.363 e. The van der Waals surface area contributed by atoms with Crippen LogP contribution in [0, 0.1) is 17.0 Å². The first-order valence-electron chi connectivity index (χ1n) is 6.82. The maximum Gasteiger partial charge on any atom is 0.333 e. The Bertz CT molecular complexity index is 453. The van der Waals surface area contributed by atoms with Crippen LogP contribution in [0.5, 0.6) is 0 Å². The molecule has 0 atom stereocenters. The third-order valence-electron chi connectivity index (χ3n) is 3.14. The van der Waals surface area contributed by atoms with Crippen molar-refractivity contribution in [3.05, 3.63) is 15.8 Å². The molecule has 7 nitrogen and oxygen atoms in total. The fourth-order valence-corrected chi connectivity index (χ4v) is 2.08. The SMILES string of the molecule is CCCn1nc(C)c([N+](=O)[O-])c1NCCNC1CC1. The monoisotopic (exact) mass is 267 g/mol. The summed E-state index contributed by atoms with van der Waals surface area (Å²) in [6.45, 7) is 5.89. The molecular weight excluding hydrogens is 246 g/mol. The van der Waals surface area contributed by atoms with E-state index < -0.39 is 0 Å². The smallest absolute Gasteiger partial charge is 0.333 e. The van der Waals surface area contributed by atoms with E-state index in [4.69, 9.17) is 0 Å². The number of rotatable bonds is 8. The zero-order valence-corrected chi connectivity index (χ0v) is 11.5. The molecule has 1 fully saturated rings. The second-order valence-corrected chi connectivity index (χ2v) is 4.92. The molecule has 0 unspecified atom stereocenters. The lowest BCUT2D eigenvalue weighted by atomic mass is 10.3. The van der Waals surface area contributed by atoms with Crippen molar-refractivity contribution in [3.8, 4) is 0 Å². The summed E-state index contributed by atoms with van der Waals surface area (Å²) in [5.74, 6) is 0.530. The standard InChI is InChI=1S/C12H21N5O2/c1-3-8-16-12(11(17(18)19)9(2)15-16)14-7-6-13-10-4-5-10/h10,13-14H,3-8H2,1-2H3. The lowest BCUT2D eigenvalue weighted by molar-refractivity contribution is -0.384. The van der Waals surface area contributed by atoms with Gasteiger partial charge >= 0.3 is 5.69 Å². The first-order chi connectivity index (χ1) is 9.13. The highest BCUT2D eigenvalue weighted by molar-refractivity contribution is 5.59. The van der Waals surface area contributed by atoms with E-state index in [2.05, 4.69) is 15.7 Å². The number of nitrogens with one attached hydrogen (secondary N) is 2. The van der Waals surface area contributed by atoms with E-state index in [0.717, 1.165) is 13.0 Å². The third kappa shape index (κ3) is 3.44. The Hall–Kier alpha value is -1.63. The van der Waals surface area contributed by atoms with E-state index >= 15 is 0 Å². The van der Waals surface area contributed by atoms with E-state index in [9.17, 15) is 10.1 Å². The van der Waals surface area contributed by atoms with Crippen molar-refractivity contribution in [2.75, 3.05) is 18.4 Å². The van der Waals surface area contributed by atoms with Gasteiger partial charge in [-0.25, -0.2) is 4.68 Å². The summed E-state index contributed by atoms with van der Waals surface area (Å²) >= 11 is 0. The van der Waals surface area contributed by atoms with Gasteiger partial charge in [-0.2, -0.15) is 5.10 Å². The minimum absolute atomic E-state index is 0.0971. The third-order valence-corrected chi connectivity index (χ3v) is 3.14. The topological polar surface area (TPSA) is 85.0 Å². The zero-order chi connectivity index (χ0) is 13.8. The summed E-state index contributed by atoms with van der Waals surface area (Å²) in [6, 6.07) is 0.652. The van der Waals surface area contributed by atoms with Crippen LogP contribution in [0.25, 0.3) is 0 Å². The predicted octanol–water partition coefficient (Wildman–Crippen LogP) is 1.67. The van der Waals surface area contributed by atoms with Gasteiger partial charge in [-0.15, -0.1) is 0 Å². The molecule has 0 aromatic carbocycles. The normalized spacial score (nSPS) is 14.6. The molecule has 0 spiro atoms. The molecule has 1 aromatic rings. The summed E-state index contributed by atoms with van der Waals surface area (Å²) in [5.41, 5.74) is 0.566. The molecule has 1 heterocycles. The lowest BCUT2D eigenvalue weighted by Crippen LogP contribution is -2.25. The zero-order valence-electron chi connectivity index (χ0n) is 11.5. The van der Waals surface area contributed by atoms with Crippen LogP contribution in [-0.2, 0) is 6.54 Å². The quantitative estimate of drug-likeness (QED) is 0.425. The van der Waals surface area contributed by atoms with E-state index in [1.54, 1.807) is 11.6 Å². The van der Waals surface area contributed by atoms with Crippen molar-refractivity contribution >= 4 is 11.5 Å². The van der Waals surface area contributed by atoms with Crippen molar-refractivity contribution in [2.24, 2.45) is 0 Å². The number of nitrogens with zero attached hydrogens (tertiary/aromatic N) is 3. The molecule has 1 saturated carbocycles. The molecule has 0 aliphatic heterocycles. The molecule has 1 aliphatic rings. The van der Waals surface area contributed by atoms with Gasteiger partial charge in [-0.05, 0) is 26.2 Å². The van der Waals surface area contributed by atoms with E-state index in [1.807, 2.05) is 6.92 Å². The van der Waals surface area contributed by atoms with Crippen LogP contribution < -0.4 is 10.6 Å². The van der Waals surface area contributed by atoms with Gasteiger partial charge in [0.15, 0.2) is 0 Å². The molecular formula is C12H21N5O2. The molecule has 0 radical (unpaired) electrons. The van der Waals surface area contributed by atoms with Gasteiger partial charge < -0.3 is 10.6 Å². The molecule has 7 heteroatoms. The Morgan fingerprint density at radius 2 is 2.21 bits per heavy atom. The van der Waals surface area contributed by atoms with Gasteiger partial charge in [0.25, 0.3) is 0 Å². The average Bonchev–Trinajstić information content (AvgIpc) is 3.10. The van der Waals surface area contributed by atoms with E-state index in [0.29, 0.717) is 30.6 Å². The molecule has 106 valence electrons. The first-order valence-corrected chi connectivity index (χ1v) is 6.82. The molecule has 2 N–H and O–H groups in total. The molecule has 0 saturated heterocycles. The maximum absolute atomic E-state index is 11.1. The van der Waals surface area contributed by atoms with Crippen molar-refractivity contribution in [3.63, 3.8) is 0 Å². The summed E-state index contributed by atoms with van der Waals surface area (Å²) in [7, 11) is 0. The number of hydrogen-bond donors (Lipinski definition) is 2. The van der Waals surface area contributed by atoms with Gasteiger partial charge in [0.1, 0.15) is 5.69 Å². The van der Waals surface area contributed by atoms with Crippen LogP contribution >= 0.6 is 0 Å². The molecule has 1 aromatic heterocycles. The van der Waals surface area contributed by atoms with Crippen molar-refractivity contribution in [1.82, 2.24) is 15.1 Å². The average molecular weight is 267 g/mol. The highest BCUT2D eigenvalue weighted by Crippen LogP contribution is 2.28. The Labute approximate surface area is 112 Å². The summed E-state index contributed by atoms with van der Waals surface area (Å²) in [4.78, 5) is 10.8. The van der Waals surface area contributed by atoms with Crippen molar-refractivity contribution in [2.45, 2.75) is 45.7 Å². The maximum atomic E-state index is 11.1. The Morgan fingerprint density at radius 1 is 1.47 bits per heavy atom. The molecule has 2 rings (SSSR count). The minimum atomic E-state index is -0.356. The Kier molecular flexibility index (Phi) is 4.36. The van der Waals surface area contributed by atoms with E-state index in [-0.39, 0.29) is 10.6 Å². The van der Waals surface area contributed by atoms with Crippen LogP contribution in [0.1, 0.15) is 31.9 Å². The number of anilines is 1. The van der Waals surface area contributed by atoms with Gasteiger partial charge in [0.2, 0.25) is 5.82 Å². The number of hydrogen-bond acceptors (Lipinski definition) is 5. The van der Waals surface area contributed by atoms with Crippen LogP contribution in [0.15, 0.2) is 0 Å². The summed E-state index contributed by atoms with van der Waals surface area (Å²) < 4.78 is 1.70. The molecule has 1 aliphatic carbocycles. The fourth-order valence-electron chi connectivity index (χ4n) is 2.08. The Balaban J connectivity index is 2.03. The van der Waals surface area contributed by atoms with Crippen molar-refractivity contribution < 1.29 is 4.92 Å². The number of aryl methyl sites for hydroxylation is 2. The van der Waals surface area contributed by atoms with Crippen LogP contribution in [0.3, 0.4) is 0 Å². The first kappa shape index (κ1) is 13.8. The highest BCUT2D eigenvalue weighted by Gasteiger charge is 2.25. The van der Waals surface area contributed by atoms with Crippen LogP contribution in [0.4, 0.5) is 11.5 Å². The molecule has 19 heavy (non-hydrogen) atoms. The lowest BCUT2D eigenvalue weighted by Gasteiger charge is -2.08. The van der Waals surface area contributed by atoms with Gasteiger partial charge in [0.05, 0.1) is 4.92 Å². The van der Waals surface area contributed by atoms with E-state index in [1.165, 1.54) is 12.8 Å². The van der Waals surface area contributed by atoms with Crippen LogP contribution in [-0.4, -0.2) is 33.8 Å². The highest BCUT2D eigenvalue weighted by atomic mass is 16.6. The summed E-state index contributed by atoms with van der Waals surface area (Å²) in [6.07, 6.45) is 3.38. The van der Waals surface area contributed by atoms with Gasteiger partial charge in [-0.1, -0.05) is 6.92 Å². The van der Waals surface area contributed by atoms with Crippen LogP contribution in [0.2, 0.25) is 0 Å². The second kappa shape index (κ2) is 6.01. The number of aromatic nitrogens is 2. The minimum Gasteiger partial charge on any atom is -0.363 e. The summed E-state index contributed by atoms with van der Waals surface area (Å²) in [5, 5.41) is 21.9. The van der Waals surface area contributed by atoms with Gasteiger partial charge in [0, 0.05) is 25.7 Å². The fraction of sp³-hybridized carbons (Fsp3) is 0.750. The van der Waals surface area contributed by atoms with Gasteiger partial charge in [-0.3, -0.25) is 10.1 Å². The predicted molar refractivity (Wildman–Crippen MR) is 73.4 cm³/mol. The number of nitro groups is 1. The Morgan fingerprint density at radius 3 is 2.79 bits per heavy atom.